The Labute approximate surface area is 83.3 Å². The molecule has 0 aromatic rings. The zero-order valence-electron chi connectivity index (χ0n) is 10.1. The van der Waals surface area contributed by atoms with E-state index in [1.807, 2.05) is 25.7 Å². The second-order valence-electron chi connectivity index (χ2n) is 3.03. The van der Waals surface area contributed by atoms with E-state index in [0.29, 0.717) is 12.5 Å². The predicted molar refractivity (Wildman–Crippen MR) is 58.8 cm³/mol. The summed E-state index contributed by atoms with van der Waals surface area (Å²) < 4.78 is 0. The van der Waals surface area contributed by atoms with Crippen molar-refractivity contribution in [2.24, 2.45) is 0 Å². The molecular formula is C11H25NO. The van der Waals surface area contributed by atoms with Crippen molar-refractivity contribution in [2.45, 2.75) is 60.4 Å². The van der Waals surface area contributed by atoms with Crippen molar-refractivity contribution in [1.29, 1.82) is 0 Å². The number of carbonyl (C=O) groups is 1. The summed E-state index contributed by atoms with van der Waals surface area (Å²) in [4.78, 5) is 13.2. The van der Waals surface area contributed by atoms with Crippen LogP contribution in [0.3, 0.4) is 0 Å². The zero-order valence-corrected chi connectivity index (χ0v) is 10.1. The van der Waals surface area contributed by atoms with E-state index < -0.39 is 0 Å². The van der Waals surface area contributed by atoms with Crippen molar-refractivity contribution in [3.8, 4) is 0 Å². The van der Waals surface area contributed by atoms with Gasteiger partial charge in [0.2, 0.25) is 5.91 Å². The molecule has 1 amide bonds. The second-order valence-corrected chi connectivity index (χ2v) is 3.03. The molecule has 0 unspecified atom stereocenters. The predicted octanol–water partition coefficient (Wildman–Crippen LogP) is 3.07. The summed E-state index contributed by atoms with van der Waals surface area (Å²) in [6.07, 6.45) is 1.67. The van der Waals surface area contributed by atoms with E-state index in [4.69, 9.17) is 0 Å². The molecule has 0 fully saturated rings. The summed E-state index contributed by atoms with van der Waals surface area (Å²) >= 11 is 0. The number of rotatable bonds is 4. The van der Waals surface area contributed by atoms with E-state index in [2.05, 4.69) is 20.8 Å². The Morgan fingerprint density at radius 1 is 1.23 bits per heavy atom. The molecule has 0 bridgehead atoms. The first-order valence-corrected chi connectivity index (χ1v) is 5.42. The van der Waals surface area contributed by atoms with Crippen molar-refractivity contribution in [3.63, 3.8) is 0 Å². The molecule has 0 atom stereocenters. The van der Waals surface area contributed by atoms with Crippen LogP contribution in [-0.4, -0.2) is 23.4 Å². The first-order chi connectivity index (χ1) is 6.13. The summed E-state index contributed by atoms with van der Waals surface area (Å²) in [6, 6.07) is 0.349. The Kier molecular flexibility index (Phi) is 11.0. The van der Waals surface area contributed by atoms with Gasteiger partial charge in [0.05, 0.1) is 0 Å². The van der Waals surface area contributed by atoms with Crippen molar-refractivity contribution in [2.75, 3.05) is 6.54 Å². The quantitative estimate of drug-likeness (QED) is 0.662. The topological polar surface area (TPSA) is 20.3 Å². The number of hydrogen-bond donors (Lipinski definition) is 0. The smallest absolute Gasteiger partial charge is 0.222 e. The minimum Gasteiger partial charge on any atom is -0.340 e. The van der Waals surface area contributed by atoms with Crippen molar-refractivity contribution in [3.05, 3.63) is 0 Å². The maximum absolute atomic E-state index is 11.3. The van der Waals surface area contributed by atoms with Gasteiger partial charge in [-0.1, -0.05) is 27.7 Å². The highest BCUT2D eigenvalue weighted by molar-refractivity contribution is 5.76. The lowest BCUT2D eigenvalue weighted by atomic mass is 10.2. The molecule has 80 valence electrons. The van der Waals surface area contributed by atoms with Gasteiger partial charge in [-0.25, -0.2) is 0 Å². The van der Waals surface area contributed by atoms with E-state index in [0.717, 1.165) is 13.0 Å². The van der Waals surface area contributed by atoms with Gasteiger partial charge in [0.25, 0.3) is 0 Å². The maximum atomic E-state index is 11.3. The molecule has 13 heavy (non-hydrogen) atoms. The van der Waals surface area contributed by atoms with Crippen LogP contribution in [0.15, 0.2) is 0 Å². The molecule has 0 radical (unpaired) electrons. The third-order valence-electron chi connectivity index (χ3n) is 1.71. The summed E-state index contributed by atoms with van der Waals surface area (Å²) in [5.74, 6) is 0.266. The van der Waals surface area contributed by atoms with Gasteiger partial charge in [0.1, 0.15) is 0 Å². The average molecular weight is 187 g/mol. The minimum atomic E-state index is 0.266. The van der Waals surface area contributed by atoms with Gasteiger partial charge >= 0.3 is 0 Å². The van der Waals surface area contributed by atoms with E-state index in [1.54, 1.807) is 0 Å². The van der Waals surface area contributed by atoms with E-state index >= 15 is 0 Å². The molecule has 0 heterocycles. The van der Waals surface area contributed by atoms with E-state index in [-0.39, 0.29) is 5.91 Å². The molecule has 2 nitrogen and oxygen atoms in total. The molecule has 0 saturated heterocycles. The lowest BCUT2D eigenvalue weighted by molar-refractivity contribution is -0.132. The standard InChI is InChI=1S/C9H19NO.C2H6/c1-5-7-10(8(3)4)9(11)6-2;1-2/h8H,5-7H2,1-4H3;1-2H3. The molecule has 0 saturated carbocycles. The Morgan fingerprint density at radius 2 is 1.69 bits per heavy atom. The second kappa shape index (κ2) is 9.56. The minimum absolute atomic E-state index is 0.266. The molecule has 0 aromatic heterocycles. The molecule has 0 aliphatic rings. The molecule has 0 aliphatic heterocycles. The van der Waals surface area contributed by atoms with Crippen LogP contribution in [0.5, 0.6) is 0 Å². The third-order valence-corrected chi connectivity index (χ3v) is 1.71. The van der Waals surface area contributed by atoms with Gasteiger partial charge in [-0.3, -0.25) is 4.79 Å². The Bertz CT molecular complexity index is 121. The van der Waals surface area contributed by atoms with Gasteiger partial charge in [0.15, 0.2) is 0 Å². The number of hydrogen-bond acceptors (Lipinski definition) is 1. The van der Waals surface area contributed by atoms with Crippen LogP contribution in [0.2, 0.25) is 0 Å². The molecule has 0 aromatic carbocycles. The van der Waals surface area contributed by atoms with E-state index in [1.165, 1.54) is 0 Å². The zero-order chi connectivity index (χ0) is 10.9. The van der Waals surface area contributed by atoms with Crippen LogP contribution < -0.4 is 0 Å². The maximum Gasteiger partial charge on any atom is 0.222 e. The molecule has 0 rings (SSSR count). The summed E-state index contributed by atoms with van der Waals surface area (Å²) in [6.45, 7) is 13.0. The molecule has 0 aliphatic carbocycles. The monoisotopic (exact) mass is 187 g/mol. The van der Waals surface area contributed by atoms with Crippen molar-refractivity contribution < 1.29 is 4.79 Å². The normalized spacial score (nSPS) is 9.15. The van der Waals surface area contributed by atoms with Gasteiger partial charge in [-0.2, -0.15) is 0 Å². The number of nitrogens with zero attached hydrogens (tertiary/aromatic N) is 1. The van der Waals surface area contributed by atoms with Crippen LogP contribution in [0.1, 0.15) is 54.4 Å². The fourth-order valence-corrected chi connectivity index (χ4v) is 1.11. The Hall–Kier alpha value is -0.530. The van der Waals surface area contributed by atoms with Crippen molar-refractivity contribution >= 4 is 5.91 Å². The van der Waals surface area contributed by atoms with Gasteiger partial charge in [0, 0.05) is 19.0 Å². The first kappa shape index (κ1) is 15.0. The highest BCUT2D eigenvalue weighted by Crippen LogP contribution is 2.02. The van der Waals surface area contributed by atoms with Gasteiger partial charge < -0.3 is 4.90 Å². The number of amides is 1. The summed E-state index contributed by atoms with van der Waals surface area (Å²) in [5.41, 5.74) is 0. The highest BCUT2D eigenvalue weighted by atomic mass is 16.2. The third kappa shape index (κ3) is 6.62. The van der Waals surface area contributed by atoms with E-state index in [9.17, 15) is 4.79 Å². The first-order valence-electron chi connectivity index (χ1n) is 5.42. The van der Waals surface area contributed by atoms with Crippen molar-refractivity contribution in [1.82, 2.24) is 4.90 Å². The SMILES string of the molecule is CC.CCCN(C(=O)CC)C(C)C. The largest absolute Gasteiger partial charge is 0.340 e. The highest BCUT2D eigenvalue weighted by Gasteiger charge is 2.12. The van der Waals surface area contributed by atoms with Crippen LogP contribution in [0.25, 0.3) is 0 Å². The fraction of sp³-hybridized carbons (Fsp3) is 0.909. The summed E-state index contributed by atoms with van der Waals surface area (Å²) in [7, 11) is 0. The van der Waals surface area contributed by atoms with Crippen LogP contribution >= 0.6 is 0 Å². The fourth-order valence-electron chi connectivity index (χ4n) is 1.11. The molecule has 0 N–H and O–H groups in total. The van der Waals surface area contributed by atoms with Gasteiger partial charge in [-0.05, 0) is 20.3 Å². The molecular weight excluding hydrogens is 162 g/mol. The van der Waals surface area contributed by atoms with Gasteiger partial charge in [-0.15, -0.1) is 0 Å². The summed E-state index contributed by atoms with van der Waals surface area (Å²) in [5, 5.41) is 0. The Balaban J connectivity index is 0. The van der Waals surface area contributed by atoms with Crippen LogP contribution in [-0.2, 0) is 4.79 Å². The van der Waals surface area contributed by atoms with Crippen LogP contribution in [0, 0.1) is 0 Å². The number of carbonyl (C=O) groups excluding carboxylic acids is 1. The lowest BCUT2D eigenvalue weighted by Crippen LogP contribution is -2.36. The Morgan fingerprint density at radius 3 is 1.92 bits per heavy atom. The van der Waals surface area contributed by atoms with Crippen LogP contribution in [0.4, 0.5) is 0 Å². The molecule has 2 heteroatoms. The molecule has 0 spiro atoms. The average Bonchev–Trinajstić information content (AvgIpc) is 2.15. The lowest BCUT2D eigenvalue weighted by Gasteiger charge is -2.25.